The van der Waals surface area contributed by atoms with Crippen LogP contribution >= 0.6 is 15.9 Å². The van der Waals surface area contributed by atoms with Crippen molar-refractivity contribution in [3.05, 3.63) is 92.4 Å². The summed E-state index contributed by atoms with van der Waals surface area (Å²) >= 11 is 3.37. The number of hydrogen-bond donors (Lipinski definition) is 1. The largest absolute Gasteiger partial charge is 0.482 e. The van der Waals surface area contributed by atoms with Gasteiger partial charge in [0.15, 0.2) is 5.76 Å². The Morgan fingerprint density at radius 3 is 2.62 bits per heavy atom. The van der Waals surface area contributed by atoms with Gasteiger partial charge in [-0.1, -0.05) is 46.3 Å². The highest BCUT2D eigenvalue weighted by molar-refractivity contribution is 9.10. The fourth-order valence-corrected chi connectivity index (χ4v) is 2.79. The van der Waals surface area contributed by atoms with E-state index in [9.17, 15) is 9.59 Å². The van der Waals surface area contributed by atoms with E-state index in [0.717, 1.165) is 27.9 Å². The monoisotopic (exact) mass is 413 g/mol. The van der Waals surface area contributed by atoms with Gasteiger partial charge in [0.1, 0.15) is 12.9 Å². The molecule has 0 aliphatic carbocycles. The van der Waals surface area contributed by atoms with E-state index in [2.05, 4.69) is 21.2 Å². The highest BCUT2D eigenvalue weighted by atomic mass is 79.9. The molecule has 0 saturated heterocycles. The second-order valence-corrected chi connectivity index (χ2v) is 6.58. The summed E-state index contributed by atoms with van der Waals surface area (Å²) in [7, 11) is 0. The number of ether oxygens (including phenoxy) is 1. The lowest BCUT2D eigenvalue weighted by atomic mass is 10.2. The molecule has 0 aliphatic heterocycles. The third-order valence-electron chi connectivity index (χ3n) is 3.70. The lowest BCUT2D eigenvalue weighted by Gasteiger charge is -2.09. The summed E-state index contributed by atoms with van der Waals surface area (Å²) in [5, 5.41) is 2.73. The molecule has 0 fully saturated rings. The molecule has 5 nitrogen and oxygen atoms in total. The van der Waals surface area contributed by atoms with Crippen LogP contribution in [0.1, 0.15) is 21.7 Å². The van der Waals surface area contributed by atoms with Crippen molar-refractivity contribution >= 4 is 27.5 Å². The van der Waals surface area contributed by atoms with Crippen LogP contribution in [0, 0.1) is 6.92 Å². The molecule has 0 saturated carbocycles. The second kappa shape index (κ2) is 8.01. The van der Waals surface area contributed by atoms with E-state index in [0.29, 0.717) is 5.69 Å². The molecule has 132 valence electrons. The average molecular weight is 414 g/mol. The molecule has 1 amide bonds. The first-order chi connectivity index (χ1) is 12.5. The van der Waals surface area contributed by atoms with Gasteiger partial charge in [-0.2, -0.15) is 0 Å². The highest BCUT2D eigenvalue weighted by Gasteiger charge is 2.13. The van der Waals surface area contributed by atoms with E-state index in [-0.39, 0.29) is 18.1 Å². The number of rotatable bonds is 5. The van der Waals surface area contributed by atoms with E-state index >= 15 is 0 Å². The number of nitrogens with one attached hydrogen (secondary N) is 1. The van der Waals surface area contributed by atoms with Gasteiger partial charge in [0.05, 0.1) is 0 Å². The molecular formula is C20H16BrNO4. The summed E-state index contributed by atoms with van der Waals surface area (Å²) in [5.41, 5.74) is 2.05. The first kappa shape index (κ1) is 17.9. The fourth-order valence-electron chi connectivity index (χ4n) is 2.31. The molecule has 1 heterocycles. The maximum absolute atomic E-state index is 12.3. The van der Waals surface area contributed by atoms with Gasteiger partial charge in [0, 0.05) is 16.2 Å². The molecule has 0 aliphatic rings. The van der Waals surface area contributed by atoms with Crippen LogP contribution in [0.5, 0.6) is 5.75 Å². The van der Waals surface area contributed by atoms with E-state index in [1.54, 1.807) is 6.07 Å². The van der Waals surface area contributed by atoms with Crippen LogP contribution in [0.3, 0.4) is 0 Å². The van der Waals surface area contributed by atoms with Gasteiger partial charge in [0.2, 0.25) is 11.2 Å². The van der Waals surface area contributed by atoms with Crippen molar-refractivity contribution in [2.75, 3.05) is 5.32 Å². The molecule has 26 heavy (non-hydrogen) atoms. The van der Waals surface area contributed by atoms with Crippen LogP contribution in [-0.4, -0.2) is 5.91 Å². The van der Waals surface area contributed by atoms with Gasteiger partial charge in [-0.15, -0.1) is 0 Å². The summed E-state index contributed by atoms with van der Waals surface area (Å²) < 4.78 is 11.7. The van der Waals surface area contributed by atoms with E-state index in [4.69, 9.17) is 9.15 Å². The lowest BCUT2D eigenvalue weighted by molar-refractivity contribution is 0.0993. The molecule has 3 aromatic rings. The Labute approximate surface area is 158 Å². The van der Waals surface area contributed by atoms with E-state index in [1.807, 2.05) is 49.4 Å². The van der Waals surface area contributed by atoms with Crippen molar-refractivity contribution in [3.63, 3.8) is 0 Å². The average Bonchev–Trinajstić information content (AvgIpc) is 2.63. The fraction of sp³-hybridized carbons (Fsp3) is 0.100. The molecule has 2 aromatic carbocycles. The summed E-state index contributed by atoms with van der Waals surface area (Å²) in [6.45, 7) is 2.12. The summed E-state index contributed by atoms with van der Waals surface area (Å²) in [6, 6.07) is 16.1. The summed E-state index contributed by atoms with van der Waals surface area (Å²) in [5.74, 6) is -0.517. The topological polar surface area (TPSA) is 68.5 Å². The van der Waals surface area contributed by atoms with Gasteiger partial charge in [0.25, 0.3) is 5.91 Å². The zero-order valence-electron chi connectivity index (χ0n) is 14.0. The Hall–Kier alpha value is -2.86. The van der Waals surface area contributed by atoms with Crippen LogP contribution in [0.25, 0.3) is 0 Å². The number of carbonyl (C=O) groups excluding carboxylic acids is 1. The number of aryl methyl sites for hydroxylation is 1. The number of hydrogen-bond acceptors (Lipinski definition) is 4. The normalized spacial score (nSPS) is 10.4. The number of amides is 1. The van der Waals surface area contributed by atoms with Crippen LogP contribution in [0.2, 0.25) is 0 Å². The van der Waals surface area contributed by atoms with Crippen LogP contribution in [0.15, 0.2) is 74.5 Å². The zero-order valence-corrected chi connectivity index (χ0v) is 15.6. The maximum atomic E-state index is 12.3. The van der Waals surface area contributed by atoms with Crippen LogP contribution in [0.4, 0.5) is 5.69 Å². The Morgan fingerprint density at radius 2 is 1.92 bits per heavy atom. The predicted octanol–water partition coefficient (Wildman–Crippen LogP) is 4.54. The van der Waals surface area contributed by atoms with Crippen molar-refractivity contribution in [1.29, 1.82) is 0 Å². The SMILES string of the molecule is Cc1cc(Br)ccc1NC(=O)c1cc(=O)c(OCc2ccccc2)co1. The van der Waals surface area contributed by atoms with Crippen LogP contribution < -0.4 is 15.5 Å². The Morgan fingerprint density at radius 1 is 1.15 bits per heavy atom. The number of carbonyl (C=O) groups is 1. The van der Waals surface area contributed by atoms with Gasteiger partial charge in [-0.25, -0.2) is 0 Å². The van der Waals surface area contributed by atoms with Gasteiger partial charge >= 0.3 is 0 Å². The maximum Gasteiger partial charge on any atom is 0.291 e. The molecule has 0 atom stereocenters. The van der Waals surface area contributed by atoms with E-state index in [1.165, 1.54) is 0 Å². The quantitative estimate of drug-likeness (QED) is 0.666. The number of benzene rings is 2. The molecule has 0 radical (unpaired) electrons. The van der Waals surface area contributed by atoms with E-state index < -0.39 is 11.3 Å². The molecule has 3 rings (SSSR count). The first-order valence-electron chi connectivity index (χ1n) is 7.90. The molecular weight excluding hydrogens is 398 g/mol. The standard InChI is InChI=1S/C20H16BrNO4/c1-13-9-15(21)7-8-16(13)22-20(24)18-10-17(23)19(12-26-18)25-11-14-5-3-2-4-6-14/h2-10,12H,11H2,1H3,(H,22,24). The first-order valence-corrected chi connectivity index (χ1v) is 8.69. The van der Waals surface area contributed by atoms with Gasteiger partial charge in [-0.05, 0) is 36.2 Å². The van der Waals surface area contributed by atoms with Crippen LogP contribution in [-0.2, 0) is 6.61 Å². The predicted molar refractivity (Wildman–Crippen MR) is 103 cm³/mol. The lowest BCUT2D eigenvalue weighted by Crippen LogP contribution is -2.16. The Balaban J connectivity index is 1.70. The minimum Gasteiger partial charge on any atom is -0.482 e. The Kier molecular flexibility index (Phi) is 5.53. The molecule has 6 heteroatoms. The number of halogens is 1. The smallest absolute Gasteiger partial charge is 0.291 e. The van der Waals surface area contributed by atoms with Gasteiger partial charge in [-0.3, -0.25) is 9.59 Å². The van der Waals surface area contributed by atoms with Crippen molar-refractivity contribution in [3.8, 4) is 5.75 Å². The highest BCUT2D eigenvalue weighted by Crippen LogP contribution is 2.20. The van der Waals surface area contributed by atoms with Crippen molar-refractivity contribution in [2.24, 2.45) is 0 Å². The number of anilines is 1. The summed E-state index contributed by atoms with van der Waals surface area (Å²) in [6.07, 6.45) is 1.16. The molecule has 0 unspecified atom stereocenters. The zero-order chi connectivity index (χ0) is 18.5. The summed E-state index contributed by atoms with van der Waals surface area (Å²) in [4.78, 5) is 24.5. The second-order valence-electron chi connectivity index (χ2n) is 5.66. The minimum atomic E-state index is -0.498. The molecule has 1 aromatic heterocycles. The van der Waals surface area contributed by atoms with Crippen molar-refractivity contribution in [2.45, 2.75) is 13.5 Å². The van der Waals surface area contributed by atoms with Crippen molar-refractivity contribution in [1.82, 2.24) is 0 Å². The third-order valence-corrected chi connectivity index (χ3v) is 4.19. The third kappa shape index (κ3) is 4.40. The molecule has 1 N–H and O–H groups in total. The Bertz CT molecular complexity index is 983. The molecule has 0 spiro atoms. The minimum absolute atomic E-state index is 0.0604. The van der Waals surface area contributed by atoms with Crippen molar-refractivity contribution < 1.29 is 13.9 Å². The molecule has 0 bridgehead atoms. The van der Waals surface area contributed by atoms with Gasteiger partial charge < -0.3 is 14.5 Å².